The summed E-state index contributed by atoms with van der Waals surface area (Å²) in [5, 5.41) is 0. The highest BCUT2D eigenvalue weighted by molar-refractivity contribution is 5.23. The van der Waals surface area contributed by atoms with E-state index in [1.807, 2.05) is 31.2 Å². The minimum absolute atomic E-state index is 0.360. The quantitative estimate of drug-likeness (QED) is 0.886. The summed E-state index contributed by atoms with van der Waals surface area (Å²) in [4.78, 5) is 6.92. The number of hydrogen-bond acceptors (Lipinski definition) is 3. The van der Waals surface area contributed by atoms with Crippen molar-refractivity contribution in [3.8, 4) is 0 Å². The molecule has 2 aromatic rings. The molecule has 2 rings (SSSR count). The largest absolute Gasteiger partial charge is 0.321 e. The Morgan fingerprint density at radius 1 is 1.10 bits per heavy atom. The van der Waals surface area contributed by atoms with Crippen LogP contribution in [0.4, 0.5) is 0 Å². The normalized spacial score (nSPS) is 14.1. The molecule has 0 fully saturated rings. The summed E-state index contributed by atoms with van der Waals surface area (Å²) in [5.74, 6) is 0. The van der Waals surface area contributed by atoms with Crippen molar-refractivity contribution in [1.29, 1.82) is 0 Å². The molecular weight excluding hydrogens is 258 g/mol. The molecule has 1 unspecified atom stereocenters. The molecule has 1 heterocycles. The number of nitrogens with zero attached hydrogens (tertiary/aromatic N) is 2. The van der Waals surface area contributed by atoms with E-state index in [1.165, 1.54) is 5.56 Å². The number of nitrogens with two attached hydrogens (primary N) is 1. The second-order valence-corrected chi connectivity index (χ2v) is 5.86. The molecule has 3 nitrogen and oxygen atoms in total. The highest BCUT2D eigenvalue weighted by Crippen LogP contribution is 2.19. The summed E-state index contributed by atoms with van der Waals surface area (Å²) in [6, 6.07) is 16.5. The minimum atomic E-state index is -0.360. The second-order valence-electron chi connectivity index (χ2n) is 5.86. The van der Waals surface area contributed by atoms with E-state index in [0.717, 1.165) is 31.0 Å². The maximum absolute atomic E-state index is 6.54. The zero-order valence-corrected chi connectivity index (χ0v) is 13.2. The lowest BCUT2D eigenvalue weighted by molar-refractivity contribution is 0.217. The number of hydrogen-bond donors (Lipinski definition) is 1. The number of pyridine rings is 1. The molecule has 0 bridgehead atoms. The summed E-state index contributed by atoms with van der Waals surface area (Å²) < 4.78 is 0. The van der Waals surface area contributed by atoms with Gasteiger partial charge in [-0.05, 0) is 38.1 Å². The molecular formula is C18H25N3. The van der Waals surface area contributed by atoms with E-state index in [1.54, 1.807) is 0 Å². The summed E-state index contributed by atoms with van der Waals surface area (Å²) in [7, 11) is 0. The Labute approximate surface area is 127 Å². The predicted octanol–water partition coefficient (Wildman–Crippen LogP) is 3.09. The van der Waals surface area contributed by atoms with Crippen molar-refractivity contribution < 1.29 is 0 Å². The van der Waals surface area contributed by atoms with Gasteiger partial charge in [-0.25, -0.2) is 0 Å². The molecule has 0 radical (unpaired) electrons. The van der Waals surface area contributed by atoms with Gasteiger partial charge < -0.3 is 5.73 Å². The van der Waals surface area contributed by atoms with E-state index in [9.17, 15) is 0 Å². The van der Waals surface area contributed by atoms with E-state index < -0.39 is 0 Å². The third-order valence-corrected chi connectivity index (χ3v) is 3.76. The number of benzene rings is 1. The molecule has 0 aliphatic carbocycles. The lowest BCUT2D eigenvalue weighted by Gasteiger charge is -2.32. The first kappa shape index (κ1) is 15.7. The summed E-state index contributed by atoms with van der Waals surface area (Å²) in [5.41, 5.74) is 9.50. The standard InChI is InChI=1S/C18H25N3/c1-4-21(13-17-12-8-9-15(2)20-17)14-18(3,19)16-10-6-5-7-11-16/h5-12H,4,13-14,19H2,1-3H3. The van der Waals surface area contributed by atoms with Crippen molar-refractivity contribution >= 4 is 0 Å². The van der Waals surface area contributed by atoms with E-state index >= 15 is 0 Å². The first-order valence-corrected chi connectivity index (χ1v) is 7.50. The summed E-state index contributed by atoms with van der Waals surface area (Å²) >= 11 is 0. The number of aryl methyl sites for hydroxylation is 1. The molecule has 1 atom stereocenters. The van der Waals surface area contributed by atoms with Crippen molar-refractivity contribution in [1.82, 2.24) is 9.88 Å². The molecule has 0 aliphatic rings. The van der Waals surface area contributed by atoms with Crippen LogP contribution in [-0.2, 0) is 12.1 Å². The number of rotatable bonds is 6. The van der Waals surface area contributed by atoms with Gasteiger partial charge in [-0.3, -0.25) is 9.88 Å². The number of likely N-dealkylation sites (N-methyl/N-ethyl adjacent to an activating group) is 1. The predicted molar refractivity (Wildman–Crippen MR) is 87.9 cm³/mol. The van der Waals surface area contributed by atoms with Crippen LogP contribution in [0.2, 0.25) is 0 Å². The van der Waals surface area contributed by atoms with Crippen LogP contribution >= 0.6 is 0 Å². The lowest BCUT2D eigenvalue weighted by atomic mass is 9.92. The maximum atomic E-state index is 6.54. The van der Waals surface area contributed by atoms with Crippen molar-refractivity contribution in [2.75, 3.05) is 13.1 Å². The molecule has 1 aromatic heterocycles. The van der Waals surface area contributed by atoms with Crippen molar-refractivity contribution in [2.45, 2.75) is 32.9 Å². The van der Waals surface area contributed by atoms with Crippen LogP contribution < -0.4 is 5.73 Å². The Balaban J connectivity index is 2.08. The van der Waals surface area contributed by atoms with Crippen molar-refractivity contribution in [3.63, 3.8) is 0 Å². The van der Waals surface area contributed by atoms with Crippen LogP contribution in [0.3, 0.4) is 0 Å². The fourth-order valence-corrected chi connectivity index (χ4v) is 2.57. The molecule has 0 saturated heterocycles. The zero-order valence-electron chi connectivity index (χ0n) is 13.2. The Morgan fingerprint density at radius 3 is 2.43 bits per heavy atom. The minimum Gasteiger partial charge on any atom is -0.321 e. The van der Waals surface area contributed by atoms with Crippen molar-refractivity contribution in [3.05, 3.63) is 65.5 Å². The first-order valence-electron chi connectivity index (χ1n) is 7.50. The van der Waals surface area contributed by atoms with Gasteiger partial charge in [-0.2, -0.15) is 0 Å². The average molecular weight is 283 g/mol. The third kappa shape index (κ3) is 4.38. The number of aromatic nitrogens is 1. The van der Waals surface area contributed by atoms with Crippen LogP contribution in [0, 0.1) is 6.92 Å². The Morgan fingerprint density at radius 2 is 1.81 bits per heavy atom. The zero-order chi connectivity index (χ0) is 15.3. The van der Waals surface area contributed by atoms with Gasteiger partial charge in [0, 0.05) is 18.8 Å². The third-order valence-electron chi connectivity index (χ3n) is 3.76. The topological polar surface area (TPSA) is 42.2 Å². The lowest BCUT2D eigenvalue weighted by Crippen LogP contribution is -2.45. The fraction of sp³-hybridized carbons (Fsp3) is 0.389. The monoisotopic (exact) mass is 283 g/mol. The van der Waals surface area contributed by atoms with E-state index in [2.05, 4.69) is 48.0 Å². The molecule has 3 heteroatoms. The van der Waals surface area contributed by atoms with Crippen LogP contribution in [0.5, 0.6) is 0 Å². The molecule has 2 N–H and O–H groups in total. The molecule has 0 spiro atoms. The first-order chi connectivity index (χ1) is 10.0. The molecule has 112 valence electrons. The van der Waals surface area contributed by atoms with E-state index in [4.69, 9.17) is 5.73 Å². The van der Waals surface area contributed by atoms with Gasteiger partial charge in [-0.1, -0.05) is 43.3 Å². The summed E-state index contributed by atoms with van der Waals surface area (Å²) in [6.45, 7) is 8.87. The fourth-order valence-electron chi connectivity index (χ4n) is 2.57. The van der Waals surface area contributed by atoms with E-state index in [-0.39, 0.29) is 5.54 Å². The van der Waals surface area contributed by atoms with Gasteiger partial charge >= 0.3 is 0 Å². The van der Waals surface area contributed by atoms with Crippen LogP contribution in [0.1, 0.15) is 30.8 Å². The molecule has 1 aromatic carbocycles. The maximum Gasteiger partial charge on any atom is 0.0547 e. The van der Waals surface area contributed by atoms with Gasteiger partial charge in [0.2, 0.25) is 0 Å². The molecule has 0 saturated carbocycles. The average Bonchev–Trinajstić information content (AvgIpc) is 2.47. The second kappa shape index (κ2) is 6.83. The molecule has 0 amide bonds. The molecule has 0 aliphatic heterocycles. The smallest absolute Gasteiger partial charge is 0.0547 e. The highest BCUT2D eigenvalue weighted by atomic mass is 15.1. The van der Waals surface area contributed by atoms with Crippen molar-refractivity contribution in [2.24, 2.45) is 5.73 Å². The Bertz CT molecular complexity index is 564. The van der Waals surface area contributed by atoms with Gasteiger partial charge in [0.25, 0.3) is 0 Å². The highest BCUT2D eigenvalue weighted by Gasteiger charge is 2.24. The van der Waals surface area contributed by atoms with Crippen LogP contribution in [-0.4, -0.2) is 23.0 Å². The van der Waals surface area contributed by atoms with Gasteiger partial charge in [0.1, 0.15) is 0 Å². The summed E-state index contributed by atoms with van der Waals surface area (Å²) in [6.07, 6.45) is 0. The van der Waals surface area contributed by atoms with Gasteiger partial charge in [0.05, 0.1) is 11.2 Å². The van der Waals surface area contributed by atoms with E-state index in [0.29, 0.717) is 0 Å². The van der Waals surface area contributed by atoms with Gasteiger partial charge in [-0.15, -0.1) is 0 Å². The van der Waals surface area contributed by atoms with Crippen LogP contribution in [0.15, 0.2) is 48.5 Å². The van der Waals surface area contributed by atoms with Crippen LogP contribution in [0.25, 0.3) is 0 Å². The Hall–Kier alpha value is -1.71. The Kier molecular flexibility index (Phi) is 5.10. The SMILES string of the molecule is CCN(Cc1cccc(C)n1)CC(C)(N)c1ccccc1. The van der Waals surface area contributed by atoms with Gasteiger partial charge in [0.15, 0.2) is 0 Å². The molecule has 21 heavy (non-hydrogen) atoms.